The van der Waals surface area contributed by atoms with Crippen molar-refractivity contribution < 1.29 is 23.9 Å². The van der Waals surface area contributed by atoms with Crippen LogP contribution in [0.2, 0.25) is 5.02 Å². The quantitative estimate of drug-likeness (QED) is 0.357. The number of aromatic nitrogens is 1. The van der Waals surface area contributed by atoms with E-state index in [1.54, 1.807) is 13.0 Å². The summed E-state index contributed by atoms with van der Waals surface area (Å²) in [6.07, 6.45) is 1.38. The van der Waals surface area contributed by atoms with E-state index in [9.17, 15) is 14.4 Å². The van der Waals surface area contributed by atoms with Crippen molar-refractivity contribution in [1.29, 1.82) is 0 Å². The first-order valence-corrected chi connectivity index (χ1v) is 10.4. The Hall–Kier alpha value is -4.42. The van der Waals surface area contributed by atoms with Gasteiger partial charge in [-0.2, -0.15) is 0 Å². The number of nitrogens with one attached hydrogen (secondary N) is 2. The topological polar surface area (TPSA) is 111 Å². The number of amides is 2. The van der Waals surface area contributed by atoms with E-state index in [4.69, 9.17) is 27.6 Å². The minimum atomic E-state index is -0.574. The van der Waals surface area contributed by atoms with Crippen LogP contribution < -0.4 is 15.4 Å². The molecule has 0 fully saturated rings. The zero-order chi connectivity index (χ0) is 24.5. The maximum atomic E-state index is 13.0. The van der Waals surface area contributed by atoms with Crippen molar-refractivity contribution in [3.05, 3.63) is 88.4 Å². The molecule has 172 valence electrons. The third-order valence-corrected chi connectivity index (χ3v) is 4.60. The fraction of sp³-hybridized carbons (Fsp3) is 0.125. The first-order valence-electron chi connectivity index (χ1n) is 10.0. The van der Waals surface area contributed by atoms with Gasteiger partial charge < -0.3 is 20.1 Å². The summed E-state index contributed by atoms with van der Waals surface area (Å²) in [4.78, 5) is 44.6. The molecule has 0 saturated heterocycles. The molecule has 10 heteroatoms. The van der Waals surface area contributed by atoms with Crippen LogP contribution in [0.4, 0.5) is 17.2 Å². The van der Waals surface area contributed by atoms with Crippen molar-refractivity contribution in [2.24, 2.45) is 0 Å². The van der Waals surface area contributed by atoms with Crippen LogP contribution in [0.3, 0.4) is 0 Å². The number of anilines is 2. The molecule has 0 bridgehead atoms. The number of carbonyl (C=O) groups excluding carboxylic acids is 3. The van der Waals surface area contributed by atoms with Crippen molar-refractivity contribution in [3.63, 3.8) is 0 Å². The molecular weight excluding hydrogens is 460 g/mol. The summed E-state index contributed by atoms with van der Waals surface area (Å²) in [6.45, 7) is 8.56. The van der Waals surface area contributed by atoms with Gasteiger partial charge in [-0.15, -0.1) is 0 Å². The van der Waals surface area contributed by atoms with Gasteiger partial charge in [0.1, 0.15) is 11.6 Å². The molecule has 0 aliphatic carbocycles. The Bertz CT molecular complexity index is 1240. The van der Waals surface area contributed by atoms with Gasteiger partial charge in [-0.25, -0.2) is 14.6 Å². The smallest absolute Gasteiger partial charge is 0.344 e. The van der Waals surface area contributed by atoms with Gasteiger partial charge in [-0.1, -0.05) is 35.9 Å². The average molecular weight is 479 g/mol. The fourth-order valence-corrected chi connectivity index (χ4v) is 2.88. The minimum Gasteiger partial charge on any atom is -0.482 e. The van der Waals surface area contributed by atoms with Crippen LogP contribution in [0.5, 0.6) is 5.75 Å². The van der Waals surface area contributed by atoms with Gasteiger partial charge >= 0.3 is 5.97 Å². The van der Waals surface area contributed by atoms with Crippen LogP contribution in [0.15, 0.2) is 60.8 Å². The zero-order valence-corrected chi connectivity index (χ0v) is 18.8. The Balaban J connectivity index is 1.85. The summed E-state index contributed by atoms with van der Waals surface area (Å²) in [5.41, 5.74) is 0.981. The van der Waals surface area contributed by atoms with Crippen molar-refractivity contribution in [2.45, 2.75) is 6.92 Å². The fourth-order valence-electron chi connectivity index (χ4n) is 2.77. The molecule has 34 heavy (non-hydrogen) atoms. The number of rotatable bonds is 8. The number of halogens is 1. The molecule has 2 N–H and O–H groups in total. The molecule has 0 unspecified atom stereocenters. The molecule has 0 spiro atoms. The largest absolute Gasteiger partial charge is 0.482 e. The Kier molecular flexibility index (Phi) is 8.16. The second-order valence-electron chi connectivity index (χ2n) is 6.73. The van der Waals surface area contributed by atoms with E-state index < -0.39 is 17.8 Å². The molecule has 2 amide bonds. The number of benzene rings is 2. The molecule has 0 aliphatic heterocycles. The highest BCUT2D eigenvalue weighted by molar-refractivity contribution is 6.30. The van der Waals surface area contributed by atoms with Crippen LogP contribution in [-0.2, 0) is 9.53 Å². The maximum Gasteiger partial charge on any atom is 0.344 e. The van der Waals surface area contributed by atoms with Gasteiger partial charge in [0.2, 0.25) is 0 Å². The van der Waals surface area contributed by atoms with Crippen LogP contribution in [0.1, 0.15) is 27.6 Å². The number of nitrogens with zero attached hydrogens (tertiary/aromatic N) is 2. The van der Waals surface area contributed by atoms with E-state index in [0.29, 0.717) is 16.3 Å². The van der Waals surface area contributed by atoms with Gasteiger partial charge in [-0.05, 0) is 37.3 Å². The number of ether oxygens (including phenoxy) is 2. The first kappa shape index (κ1) is 24.2. The first-order chi connectivity index (χ1) is 16.4. The predicted octanol–water partition coefficient (Wildman–Crippen LogP) is 4.73. The number of hydrogen-bond donors (Lipinski definition) is 2. The van der Waals surface area contributed by atoms with Gasteiger partial charge in [0.15, 0.2) is 12.3 Å². The van der Waals surface area contributed by atoms with Gasteiger partial charge in [0.25, 0.3) is 11.8 Å². The van der Waals surface area contributed by atoms with E-state index in [2.05, 4.69) is 20.5 Å². The second kappa shape index (κ2) is 11.4. The van der Waals surface area contributed by atoms with Crippen LogP contribution in [-0.4, -0.2) is 36.0 Å². The summed E-state index contributed by atoms with van der Waals surface area (Å²) in [6, 6.07) is 13.5. The highest BCUT2D eigenvalue weighted by Gasteiger charge is 2.17. The SMILES string of the molecule is [C-]#[N+]c1ccc(C(=O)Nc2ccc(OCC(=O)OCC)cc2C(=O)Nc2ccc(Cl)cn2)cc1. The third kappa shape index (κ3) is 6.54. The summed E-state index contributed by atoms with van der Waals surface area (Å²) < 4.78 is 10.3. The van der Waals surface area contributed by atoms with Crippen molar-refractivity contribution in [2.75, 3.05) is 23.8 Å². The van der Waals surface area contributed by atoms with Gasteiger partial charge in [0, 0.05) is 11.8 Å². The van der Waals surface area contributed by atoms with Crippen LogP contribution >= 0.6 is 11.6 Å². The second-order valence-corrected chi connectivity index (χ2v) is 7.17. The molecule has 0 atom stereocenters. The number of esters is 1. The molecular formula is C24H19ClN4O5. The summed E-state index contributed by atoms with van der Waals surface area (Å²) in [5, 5.41) is 5.72. The summed E-state index contributed by atoms with van der Waals surface area (Å²) in [7, 11) is 0. The van der Waals surface area contributed by atoms with Crippen molar-refractivity contribution >= 4 is 46.6 Å². The van der Waals surface area contributed by atoms with Crippen LogP contribution in [0.25, 0.3) is 4.85 Å². The maximum absolute atomic E-state index is 13.0. The lowest BCUT2D eigenvalue weighted by molar-refractivity contribution is -0.145. The molecule has 9 nitrogen and oxygen atoms in total. The molecule has 1 aromatic heterocycles. The lowest BCUT2D eigenvalue weighted by atomic mass is 10.1. The normalized spacial score (nSPS) is 10.0. The molecule has 1 heterocycles. The highest BCUT2D eigenvalue weighted by atomic mass is 35.5. The number of hydrogen-bond acceptors (Lipinski definition) is 6. The van der Waals surface area contributed by atoms with E-state index in [1.807, 2.05) is 0 Å². The average Bonchev–Trinajstić information content (AvgIpc) is 2.85. The van der Waals surface area contributed by atoms with Gasteiger partial charge in [0.05, 0.1) is 29.5 Å². The minimum absolute atomic E-state index is 0.0734. The Morgan fingerprint density at radius 1 is 1.03 bits per heavy atom. The Labute approximate surface area is 200 Å². The Morgan fingerprint density at radius 3 is 2.44 bits per heavy atom. The zero-order valence-electron chi connectivity index (χ0n) is 18.0. The standard InChI is InChI=1S/C24H19ClN4O5/c1-3-33-22(30)14-34-18-9-10-20(28-23(31)15-4-7-17(26-2)8-5-15)19(12-18)24(32)29-21-11-6-16(25)13-27-21/h4-13H,3,14H2,1H3,(H,28,31)(H,27,29,32). The van der Waals surface area contributed by atoms with Crippen molar-refractivity contribution in [1.82, 2.24) is 4.98 Å². The Morgan fingerprint density at radius 2 is 1.79 bits per heavy atom. The lowest BCUT2D eigenvalue weighted by Gasteiger charge is -2.14. The molecule has 0 aliphatic rings. The summed E-state index contributed by atoms with van der Waals surface area (Å²) >= 11 is 5.84. The predicted molar refractivity (Wildman–Crippen MR) is 126 cm³/mol. The van der Waals surface area contributed by atoms with E-state index >= 15 is 0 Å². The molecule has 0 radical (unpaired) electrons. The third-order valence-electron chi connectivity index (χ3n) is 4.37. The summed E-state index contributed by atoms with van der Waals surface area (Å²) in [5.74, 6) is -1.13. The highest BCUT2D eigenvalue weighted by Crippen LogP contribution is 2.25. The van der Waals surface area contributed by atoms with E-state index in [-0.39, 0.29) is 36.0 Å². The molecule has 0 saturated carbocycles. The van der Waals surface area contributed by atoms with E-state index in [1.165, 1.54) is 54.7 Å². The molecule has 2 aromatic carbocycles. The molecule has 3 aromatic rings. The van der Waals surface area contributed by atoms with Gasteiger partial charge in [-0.3, -0.25) is 9.59 Å². The van der Waals surface area contributed by atoms with E-state index in [0.717, 1.165) is 0 Å². The molecule has 3 rings (SSSR count). The number of carbonyl (C=O) groups is 3. The van der Waals surface area contributed by atoms with Crippen molar-refractivity contribution in [3.8, 4) is 5.75 Å². The lowest BCUT2D eigenvalue weighted by Crippen LogP contribution is -2.19. The monoisotopic (exact) mass is 478 g/mol. The van der Waals surface area contributed by atoms with Crippen LogP contribution in [0, 0.1) is 6.57 Å². The number of pyridine rings is 1.